The number of H-pyrrole nitrogens is 1. The zero-order chi connectivity index (χ0) is 19.5. The van der Waals surface area contributed by atoms with Crippen LogP contribution in [0.2, 0.25) is 0 Å². The van der Waals surface area contributed by atoms with Crippen LogP contribution >= 0.6 is 23.1 Å². The van der Waals surface area contributed by atoms with Crippen LogP contribution in [-0.2, 0) is 5.75 Å². The number of thioether (sulfide) groups is 1. The number of hydrogen-bond acceptors (Lipinski definition) is 6. The Hall–Kier alpha value is -2.84. The van der Waals surface area contributed by atoms with E-state index in [1.807, 2.05) is 43.3 Å². The summed E-state index contributed by atoms with van der Waals surface area (Å²) in [6, 6.07) is 15.3. The van der Waals surface area contributed by atoms with Crippen molar-refractivity contribution in [3.8, 4) is 10.6 Å². The van der Waals surface area contributed by atoms with Gasteiger partial charge in [-0.1, -0.05) is 17.3 Å². The van der Waals surface area contributed by atoms with Gasteiger partial charge < -0.3 is 9.84 Å². The highest BCUT2D eigenvalue weighted by Gasteiger charge is 2.15. The van der Waals surface area contributed by atoms with Crippen LogP contribution in [0.4, 0.5) is 5.82 Å². The summed E-state index contributed by atoms with van der Waals surface area (Å²) >= 11 is 3.21. The van der Waals surface area contributed by atoms with Crippen LogP contribution in [0.15, 0.2) is 57.9 Å². The molecular weight excluding hydrogens is 392 g/mol. The van der Waals surface area contributed by atoms with Crippen molar-refractivity contribution in [1.29, 1.82) is 0 Å². The maximum atomic E-state index is 12.8. The fraction of sp³-hybridized carbons (Fsp3) is 0.150. The fourth-order valence-electron chi connectivity index (χ4n) is 2.69. The topological polar surface area (TPSA) is 83.8 Å². The van der Waals surface area contributed by atoms with E-state index in [1.165, 1.54) is 16.6 Å². The summed E-state index contributed by atoms with van der Waals surface area (Å²) in [4.78, 5) is 16.0. The monoisotopic (exact) mass is 410 g/mol. The Morgan fingerprint density at radius 3 is 2.82 bits per heavy atom. The van der Waals surface area contributed by atoms with Gasteiger partial charge in [0.25, 0.3) is 5.91 Å². The highest BCUT2D eigenvalue weighted by atomic mass is 32.2. The number of carbonyl (C=O) groups is 1. The number of aryl methyl sites for hydroxylation is 2. The van der Waals surface area contributed by atoms with E-state index >= 15 is 0 Å². The number of nitrogens with one attached hydrogen (secondary N) is 2. The molecule has 0 aliphatic carbocycles. The molecule has 0 unspecified atom stereocenters. The zero-order valence-corrected chi connectivity index (χ0v) is 17.0. The third kappa shape index (κ3) is 4.18. The van der Waals surface area contributed by atoms with E-state index < -0.39 is 0 Å². The minimum atomic E-state index is -0.197. The number of amides is 1. The molecule has 0 saturated heterocycles. The van der Waals surface area contributed by atoms with Crippen molar-refractivity contribution in [2.24, 2.45) is 0 Å². The summed E-state index contributed by atoms with van der Waals surface area (Å²) < 4.78 is 5.24. The molecular formula is C20H18N4O2S2. The van der Waals surface area contributed by atoms with E-state index in [-0.39, 0.29) is 5.91 Å². The number of aromatic amines is 1. The van der Waals surface area contributed by atoms with E-state index in [4.69, 9.17) is 4.52 Å². The molecule has 0 aliphatic rings. The van der Waals surface area contributed by atoms with Gasteiger partial charge in [0, 0.05) is 21.9 Å². The number of nitrogens with zero attached hydrogens (tertiary/aromatic N) is 2. The lowest BCUT2D eigenvalue weighted by molar-refractivity contribution is 0.102. The maximum Gasteiger partial charge on any atom is 0.257 e. The highest BCUT2D eigenvalue weighted by Crippen LogP contribution is 2.29. The first-order valence-corrected chi connectivity index (χ1v) is 10.5. The van der Waals surface area contributed by atoms with Crippen molar-refractivity contribution >= 4 is 34.8 Å². The van der Waals surface area contributed by atoms with Gasteiger partial charge in [0.15, 0.2) is 5.82 Å². The van der Waals surface area contributed by atoms with Crippen LogP contribution in [0, 0.1) is 13.8 Å². The third-order valence-corrected chi connectivity index (χ3v) is 6.13. The predicted octanol–water partition coefficient (Wildman–Crippen LogP) is 5.29. The van der Waals surface area contributed by atoms with Gasteiger partial charge in [-0.25, -0.2) is 0 Å². The molecule has 0 spiro atoms. The van der Waals surface area contributed by atoms with Gasteiger partial charge in [-0.2, -0.15) is 5.10 Å². The number of carbonyl (C=O) groups excluding carboxylic acids is 1. The van der Waals surface area contributed by atoms with Crippen LogP contribution in [0.5, 0.6) is 0 Å². The van der Waals surface area contributed by atoms with Crippen molar-refractivity contribution in [3.63, 3.8) is 0 Å². The van der Waals surface area contributed by atoms with E-state index in [1.54, 1.807) is 17.4 Å². The second-order valence-corrected chi connectivity index (χ2v) is 8.56. The van der Waals surface area contributed by atoms with Gasteiger partial charge in [-0.3, -0.25) is 9.89 Å². The molecule has 4 aromatic rings. The lowest BCUT2D eigenvalue weighted by Gasteiger charge is -2.07. The van der Waals surface area contributed by atoms with Crippen molar-refractivity contribution in [3.05, 3.63) is 70.4 Å². The van der Waals surface area contributed by atoms with E-state index in [0.29, 0.717) is 17.1 Å². The molecule has 142 valence electrons. The van der Waals surface area contributed by atoms with Gasteiger partial charge >= 0.3 is 0 Å². The molecule has 0 saturated carbocycles. The number of benzene rings is 1. The molecule has 6 nitrogen and oxygen atoms in total. The number of hydrogen-bond donors (Lipinski definition) is 2. The molecule has 1 aromatic carbocycles. The van der Waals surface area contributed by atoms with Gasteiger partial charge in [0.1, 0.15) is 5.76 Å². The fourth-order valence-corrected chi connectivity index (χ4v) is 4.45. The number of thiophene rings is 1. The average molecular weight is 411 g/mol. The van der Waals surface area contributed by atoms with Gasteiger partial charge in [-0.05, 0) is 38.1 Å². The summed E-state index contributed by atoms with van der Waals surface area (Å²) in [5, 5.41) is 14.0. The largest absolute Gasteiger partial charge is 0.360 e. The molecule has 0 bridgehead atoms. The summed E-state index contributed by atoms with van der Waals surface area (Å²) in [7, 11) is 0. The molecule has 1 amide bonds. The Kier molecular flexibility index (Phi) is 5.31. The van der Waals surface area contributed by atoms with Crippen LogP contribution in [0.25, 0.3) is 10.6 Å². The first-order chi connectivity index (χ1) is 13.6. The first-order valence-electron chi connectivity index (χ1n) is 8.66. The Morgan fingerprint density at radius 1 is 1.21 bits per heavy atom. The molecule has 0 atom stereocenters. The minimum absolute atomic E-state index is 0.197. The Bertz CT molecular complexity index is 1110. The van der Waals surface area contributed by atoms with Gasteiger partial charge in [0.2, 0.25) is 0 Å². The Labute approximate surface area is 170 Å². The van der Waals surface area contributed by atoms with Crippen LogP contribution < -0.4 is 5.32 Å². The highest BCUT2D eigenvalue weighted by molar-refractivity contribution is 7.98. The van der Waals surface area contributed by atoms with Crippen molar-refractivity contribution in [2.45, 2.75) is 24.5 Å². The lowest BCUT2D eigenvalue weighted by atomic mass is 10.2. The number of anilines is 1. The molecule has 8 heteroatoms. The SMILES string of the molecule is Cc1cc(CSc2ccccc2C(=O)Nc2cc(-c3ccc(C)s3)[nH]n2)on1. The molecule has 0 aliphatic heterocycles. The average Bonchev–Trinajstić information content (AvgIpc) is 3.42. The van der Waals surface area contributed by atoms with Crippen molar-refractivity contribution in [2.75, 3.05) is 5.32 Å². The minimum Gasteiger partial charge on any atom is -0.360 e. The Balaban J connectivity index is 1.47. The molecule has 4 rings (SSSR count). The van der Waals surface area contributed by atoms with Crippen molar-refractivity contribution < 1.29 is 9.32 Å². The third-order valence-electron chi connectivity index (χ3n) is 4.00. The van der Waals surface area contributed by atoms with Crippen molar-refractivity contribution in [1.82, 2.24) is 15.4 Å². The quantitative estimate of drug-likeness (QED) is 0.422. The Morgan fingerprint density at radius 2 is 2.07 bits per heavy atom. The summed E-state index contributed by atoms with van der Waals surface area (Å²) in [6.45, 7) is 3.94. The molecule has 3 heterocycles. The van der Waals surface area contributed by atoms with Gasteiger partial charge in [-0.15, -0.1) is 23.1 Å². The van der Waals surface area contributed by atoms with Crippen LogP contribution in [-0.4, -0.2) is 21.3 Å². The smallest absolute Gasteiger partial charge is 0.257 e. The zero-order valence-electron chi connectivity index (χ0n) is 15.4. The molecule has 3 aromatic heterocycles. The molecule has 2 N–H and O–H groups in total. The lowest BCUT2D eigenvalue weighted by Crippen LogP contribution is -2.13. The summed E-state index contributed by atoms with van der Waals surface area (Å²) in [5.74, 6) is 1.69. The standard InChI is InChI=1S/C20H18N4O2S2/c1-12-9-14(26-24-12)11-27-17-6-4-3-5-15(17)20(25)21-19-10-16(22-23-19)18-8-7-13(2)28-18/h3-10H,11H2,1-2H3,(H2,21,22,23,25). The molecule has 0 radical (unpaired) electrons. The van der Waals surface area contributed by atoms with E-state index in [2.05, 4.69) is 33.7 Å². The van der Waals surface area contributed by atoms with E-state index in [0.717, 1.165) is 26.9 Å². The second-order valence-electron chi connectivity index (χ2n) is 6.25. The maximum absolute atomic E-state index is 12.8. The summed E-state index contributed by atoms with van der Waals surface area (Å²) in [6.07, 6.45) is 0. The predicted molar refractivity (Wildman–Crippen MR) is 112 cm³/mol. The first kappa shape index (κ1) is 18.5. The van der Waals surface area contributed by atoms with E-state index in [9.17, 15) is 4.79 Å². The molecule has 28 heavy (non-hydrogen) atoms. The number of aromatic nitrogens is 3. The summed E-state index contributed by atoms with van der Waals surface area (Å²) in [5.41, 5.74) is 2.33. The molecule has 0 fully saturated rings. The van der Waals surface area contributed by atoms with Gasteiger partial charge in [0.05, 0.1) is 27.6 Å². The van der Waals surface area contributed by atoms with Crippen LogP contribution in [0.1, 0.15) is 26.7 Å². The normalized spacial score (nSPS) is 10.9. The number of rotatable bonds is 6. The van der Waals surface area contributed by atoms with Crippen LogP contribution in [0.3, 0.4) is 0 Å². The second kappa shape index (κ2) is 8.04.